The molecule has 5 nitrogen and oxygen atoms in total. The largest absolute Gasteiger partial charge is 0.346 e. The van der Waals surface area contributed by atoms with Crippen LogP contribution in [-0.4, -0.2) is 39.0 Å². The SMILES string of the molecule is Cc1ccc2c(c1)nnn2C(=O)N1CCCCC1. The molecular weight excluding hydrogens is 228 g/mol. The van der Waals surface area contributed by atoms with Crippen molar-refractivity contribution in [3.8, 4) is 0 Å². The van der Waals surface area contributed by atoms with E-state index < -0.39 is 0 Å². The third-order valence-corrected chi connectivity index (χ3v) is 3.41. The molecule has 0 unspecified atom stereocenters. The van der Waals surface area contributed by atoms with Gasteiger partial charge in [0.2, 0.25) is 0 Å². The average Bonchev–Trinajstić information content (AvgIpc) is 2.81. The van der Waals surface area contributed by atoms with Gasteiger partial charge < -0.3 is 4.90 Å². The van der Waals surface area contributed by atoms with E-state index in [-0.39, 0.29) is 6.03 Å². The lowest BCUT2D eigenvalue weighted by Gasteiger charge is -2.25. The van der Waals surface area contributed by atoms with Crippen LogP contribution in [0.3, 0.4) is 0 Å². The van der Waals surface area contributed by atoms with Gasteiger partial charge in [-0.25, -0.2) is 4.79 Å². The van der Waals surface area contributed by atoms with Gasteiger partial charge >= 0.3 is 6.03 Å². The summed E-state index contributed by atoms with van der Waals surface area (Å²) in [5, 5.41) is 8.05. The molecule has 1 fully saturated rings. The van der Waals surface area contributed by atoms with Crippen molar-refractivity contribution < 1.29 is 4.79 Å². The predicted molar refractivity (Wildman–Crippen MR) is 68.5 cm³/mol. The monoisotopic (exact) mass is 244 g/mol. The summed E-state index contributed by atoms with van der Waals surface area (Å²) in [7, 11) is 0. The molecule has 1 aliphatic rings. The highest BCUT2D eigenvalue weighted by molar-refractivity contribution is 5.88. The van der Waals surface area contributed by atoms with Crippen LogP contribution < -0.4 is 0 Å². The topological polar surface area (TPSA) is 51.0 Å². The zero-order valence-corrected chi connectivity index (χ0v) is 10.5. The summed E-state index contributed by atoms with van der Waals surface area (Å²) in [6, 6.07) is 5.78. The fourth-order valence-corrected chi connectivity index (χ4v) is 2.39. The second kappa shape index (κ2) is 4.40. The minimum Gasteiger partial charge on any atom is -0.323 e. The molecule has 3 rings (SSSR count). The summed E-state index contributed by atoms with van der Waals surface area (Å²) >= 11 is 0. The Kier molecular flexibility index (Phi) is 2.74. The lowest BCUT2D eigenvalue weighted by Crippen LogP contribution is -2.39. The molecule has 0 bridgehead atoms. The molecule has 1 aromatic heterocycles. The second-order valence-corrected chi connectivity index (χ2v) is 4.82. The Morgan fingerprint density at radius 3 is 2.78 bits per heavy atom. The molecule has 1 amide bonds. The molecule has 2 heterocycles. The van der Waals surface area contributed by atoms with Crippen LogP contribution in [0.4, 0.5) is 4.79 Å². The van der Waals surface area contributed by atoms with Crippen LogP contribution in [0.1, 0.15) is 24.8 Å². The summed E-state index contributed by atoms with van der Waals surface area (Å²) in [4.78, 5) is 14.2. The zero-order valence-electron chi connectivity index (χ0n) is 10.5. The summed E-state index contributed by atoms with van der Waals surface area (Å²) in [5.74, 6) is 0. The molecule has 0 atom stereocenters. The van der Waals surface area contributed by atoms with Gasteiger partial charge in [-0.05, 0) is 43.9 Å². The highest BCUT2D eigenvalue weighted by Crippen LogP contribution is 2.15. The van der Waals surface area contributed by atoms with Crippen LogP contribution in [0.5, 0.6) is 0 Å². The Hall–Kier alpha value is -1.91. The van der Waals surface area contributed by atoms with Crippen molar-refractivity contribution in [3.05, 3.63) is 23.8 Å². The summed E-state index contributed by atoms with van der Waals surface area (Å²) in [6.07, 6.45) is 3.37. The number of rotatable bonds is 0. The number of likely N-dealkylation sites (tertiary alicyclic amines) is 1. The smallest absolute Gasteiger partial charge is 0.323 e. The maximum absolute atomic E-state index is 12.3. The van der Waals surface area contributed by atoms with Crippen LogP contribution >= 0.6 is 0 Å². The number of hydrogen-bond donors (Lipinski definition) is 0. The fourth-order valence-electron chi connectivity index (χ4n) is 2.39. The number of nitrogens with zero attached hydrogens (tertiary/aromatic N) is 4. The number of piperidine rings is 1. The second-order valence-electron chi connectivity index (χ2n) is 4.82. The molecule has 0 saturated carbocycles. The molecule has 2 aromatic rings. The van der Waals surface area contributed by atoms with E-state index in [4.69, 9.17) is 0 Å². The first-order valence-corrected chi connectivity index (χ1v) is 6.37. The number of benzene rings is 1. The van der Waals surface area contributed by atoms with Crippen molar-refractivity contribution in [2.45, 2.75) is 26.2 Å². The summed E-state index contributed by atoms with van der Waals surface area (Å²) in [6.45, 7) is 3.66. The van der Waals surface area contributed by atoms with E-state index in [2.05, 4.69) is 10.3 Å². The number of amides is 1. The van der Waals surface area contributed by atoms with Gasteiger partial charge in [-0.2, -0.15) is 4.68 Å². The molecule has 0 radical (unpaired) electrons. The van der Waals surface area contributed by atoms with Crippen molar-refractivity contribution in [3.63, 3.8) is 0 Å². The van der Waals surface area contributed by atoms with Crippen LogP contribution in [0.25, 0.3) is 11.0 Å². The van der Waals surface area contributed by atoms with Crippen LogP contribution in [0, 0.1) is 6.92 Å². The van der Waals surface area contributed by atoms with E-state index in [1.165, 1.54) is 11.1 Å². The van der Waals surface area contributed by atoms with Crippen LogP contribution in [0.15, 0.2) is 18.2 Å². The molecule has 0 spiro atoms. The molecule has 1 saturated heterocycles. The highest BCUT2D eigenvalue weighted by Gasteiger charge is 2.20. The van der Waals surface area contributed by atoms with Gasteiger partial charge in [-0.15, -0.1) is 5.10 Å². The number of aromatic nitrogens is 3. The summed E-state index contributed by atoms with van der Waals surface area (Å²) in [5.41, 5.74) is 2.69. The van der Waals surface area contributed by atoms with Crippen molar-refractivity contribution in [2.75, 3.05) is 13.1 Å². The van der Waals surface area contributed by atoms with Gasteiger partial charge in [0.1, 0.15) is 5.52 Å². The Balaban J connectivity index is 1.96. The van der Waals surface area contributed by atoms with E-state index in [0.29, 0.717) is 0 Å². The van der Waals surface area contributed by atoms with Gasteiger partial charge in [-0.1, -0.05) is 11.3 Å². The first-order chi connectivity index (χ1) is 8.75. The van der Waals surface area contributed by atoms with Gasteiger partial charge in [0.05, 0.1) is 5.52 Å². The molecule has 94 valence electrons. The Labute approximate surface area is 105 Å². The van der Waals surface area contributed by atoms with Gasteiger partial charge in [-0.3, -0.25) is 0 Å². The average molecular weight is 244 g/mol. The van der Waals surface area contributed by atoms with Crippen molar-refractivity contribution in [2.24, 2.45) is 0 Å². The minimum atomic E-state index is -0.0546. The van der Waals surface area contributed by atoms with E-state index in [0.717, 1.165) is 42.5 Å². The maximum Gasteiger partial charge on any atom is 0.346 e. The quantitative estimate of drug-likeness (QED) is 0.713. The number of fused-ring (bicyclic) bond motifs is 1. The van der Waals surface area contributed by atoms with E-state index >= 15 is 0 Å². The molecule has 5 heteroatoms. The molecule has 0 N–H and O–H groups in total. The number of carbonyl (C=O) groups is 1. The first-order valence-electron chi connectivity index (χ1n) is 6.37. The molecule has 1 aliphatic heterocycles. The standard InChI is InChI=1S/C13H16N4O/c1-10-5-6-12-11(9-10)14-15-17(12)13(18)16-7-3-2-4-8-16/h5-6,9H,2-4,7-8H2,1H3. The lowest BCUT2D eigenvalue weighted by atomic mass is 10.1. The Morgan fingerprint density at radius 2 is 2.00 bits per heavy atom. The third kappa shape index (κ3) is 1.85. The van der Waals surface area contributed by atoms with Crippen LogP contribution in [-0.2, 0) is 0 Å². The normalized spacial score (nSPS) is 16.2. The maximum atomic E-state index is 12.3. The molecular formula is C13H16N4O. The van der Waals surface area contributed by atoms with Crippen molar-refractivity contribution in [1.29, 1.82) is 0 Å². The molecule has 18 heavy (non-hydrogen) atoms. The van der Waals surface area contributed by atoms with Gasteiger partial charge in [0, 0.05) is 13.1 Å². The fraction of sp³-hybridized carbons (Fsp3) is 0.462. The predicted octanol–water partition coefficient (Wildman–Crippen LogP) is 2.19. The van der Waals surface area contributed by atoms with E-state index in [1.54, 1.807) is 0 Å². The van der Waals surface area contributed by atoms with E-state index in [9.17, 15) is 4.79 Å². The van der Waals surface area contributed by atoms with Gasteiger partial charge in [0.15, 0.2) is 0 Å². The minimum absolute atomic E-state index is 0.0546. The summed E-state index contributed by atoms with van der Waals surface area (Å²) < 4.78 is 1.42. The Morgan fingerprint density at radius 1 is 1.22 bits per heavy atom. The lowest BCUT2D eigenvalue weighted by molar-refractivity contribution is 0.185. The number of carbonyl (C=O) groups excluding carboxylic acids is 1. The first kappa shape index (κ1) is 11.2. The zero-order chi connectivity index (χ0) is 12.5. The Bertz CT molecular complexity index is 584. The number of aryl methyl sites for hydroxylation is 1. The molecule has 0 aliphatic carbocycles. The molecule has 1 aromatic carbocycles. The van der Waals surface area contributed by atoms with Crippen LogP contribution in [0.2, 0.25) is 0 Å². The highest BCUT2D eigenvalue weighted by atomic mass is 16.2. The number of hydrogen-bond acceptors (Lipinski definition) is 3. The van der Waals surface area contributed by atoms with Gasteiger partial charge in [0.25, 0.3) is 0 Å². The third-order valence-electron chi connectivity index (χ3n) is 3.41. The van der Waals surface area contributed by atoms with Crippen molar-refractivity contribution >= 4 is 17.1 Å². The van der Waals surface area contributed by atoms with E-state index in [1.807, 2.05) is 30.0 Å². The van der Waals surface area contributed by atoms with Crippen molar-refractivity contribution in [1.82, 2.24) is 19.9 Å².